The lowest BCUT2D eigenvalue weighted by Crippen LogP contribution is -2.08. The van der Waals surface area contributed by atoms with Gasteiger partial charge in [-0.2, -0.15) is 4.98 Å². The van der Waals surface area contributed by atoms with Crippen LogP contribution in [0.25, 0.3) is 22.0 Å². The first-order valence-electron chi connectivity index (χ1n) is 11.4. The van der Waals surface area contributed by atoms with Crippen molar-refractivity contribution < 1.29 is 4.74 Å². The molecule has 3 aromatic carbocycles. The van der Waals surface area contributed by atoms with Crippen LogP contribution in [0.1, 0.15) is 16.8 Å². The molecule has 5 aromatic rings. The van der Waals surface area contributed by atoms with Crippen molar-refractivity contribution in [3.63, 3.8) is 0 Å². The fourth-order valence-electron chi connectivity index (χ4n) is 3.98. The number of para-hydroxylation sites is 1. The number of ether oxygens (including phenoxy) is 1. The fourth-order valence-corrected chi connectivity index (χ4v) is 3.98. The van der Waals surface area contributed by atoms with Gasteiger partial charge in [0.2, 0.25) is 5.95 Å². The number of hydrogen-bond acceptors (Lipinski definition) is 7. The fraction of sp³-hybridized carbons (Fsp3) is 0.107. The maximum atomic E-state index is 6.25. The number of fused-ring (bicyclic) bond motifs is 1. The van der Waals surface area contributed by atoms with Crippen molar-refractivity contribution in [3.8, 4) is 11.1 Å². The number of anilines is 3. The van der Waals surface area contributed by atoms with E-state index in [-0.39, 0.29) is 12.6 Å². The van der Waals surface area contributed by atoms with Gasteiger partial charge < -0.3 is 21.5 Å². The lowest BCUT2D eigenvalue weighted by atomic mass is 10.0. The van der Waals surface area contributed by atoms with Crippen molar-refractivity contribution in [1.82, 2.24) is 15.0 Å². The van der Waals surface area contributed by atoms with Crippen LogP contribution in [0.3, 0.4) is 0 Å². The van der Waals surface area contributed by atoms with Crippen molar-refractivity contribution in [2.75, 3.05) is 16.8 Å². The largest absolute Gasteiger partial charge is 0.383 e. The summed E-state index contributed by atoms with van der Waals surface area (Å²) in [5.74, 6) is 0.464. The van der Waals surface area contributed by atoms with Crippen LogP contribution >= 0.6 is 0 Å². The molecule has 0 aliphatic rings. The van der Waals surface area contributed by atoms with Crippen LogP contribution in [-0.2, 0) is 24.5 Å². The molecule has 0 bridgehead atoms. The van der Waals surface area contributed by atoms with Gasteiger partial charge in [0.05, 0.1) is 24.4 Å². The zero-order chi connectivity index (χ0) is 24.0. The summed E-state index contributed by atoms with van der Waals surface area (Å²) in [6, 6.07) is 28.2. The van der Waals surface area contributed by atoms with Crippen molar-refractivity contribution in [3.05, 3.63) is 108 Å². The van der Waals surface area contributed by atoms with Gasteiger partial charge in [0.1, 0.15) is 5.82 Å². The molecule has 0 spiro atoms. The Kier molecular flexibility index (Phi) is 6.50. The number of nitrogens with two attached hydrogens (primary N) is 2. The van der Waals surface area contributed by atoms with Crippen LogP contribution < -0.4 is 16.8 Å². The maximum Gasteiger partial charge on any atom is 0.222 e. The van der Waals surface area contributed by atoms with Crippen molar-refractivity contribution >= 4 is 28.4 Å². The van der Waals surface area contributed by atoms with E-state index in [4.69, 9.17) is 16.2 Å². The highest BCUT2D eigenvalue weighted by molar-refractivity contribution is 5.79. The Bertz CT molecular complexity index is 1440. The van der Waals surface area contributed by atoms with E-state index in [0.29, 0.717) is 24.7 Å². The second-order valence-corrected chi connectivity index (χ2v) is 8.23. The average Bonchev–Trinajstić information content (AvgIpc) is 2.88. The zero-order valence-electron chi connectivity index (χ0n) is 19.2. The quantitative estimate of drug-likeness (QED) is 0.291. The highest BCUT2D eigenvalue weighted by Crippen LogP contribution is 2.30. The molecule has 0 fully saturated rings. The van der Waals surface area contributed by atoms with Crippen molar-refractivity contribution in [1.29, 1.82) is 0 Å². The summed E-state index contributed by atoms with van der Waals surface area (Å²) in [5.41, 5.74) is 18.6. The normalized spacial score (nSPS) is 11.0. The molecule has 2 heterocycles. The van der Waals surface area contributed by atoms with Crippen molar-refractivity contribution in [2.24, 2.45) is 0 Å². The molecule has 7 heteroatoms. The van der Waals surface area contributed by atoms with Gasteiger partial charge in [0.15, 0.2) is 0 Å². The van der Waals surface area contributed by atoms with Gasteiger partial charge >= 0.3 is 0 Å². The van der Waals surface area contributed by atoms with Crippen LogP contribution in [0, 0.1) is 0 Å². The van der Waals surface area contributed by atoms with Gasteiger partial charge in [-0.1, -0.05) is 60.7 Å². The smallest absolute Gasteiger partial charge is 0.222 e. The summed E-state index contributed by atoms with van der Waals surface area (Å²) in [6.07, 6.45) is 1.90. The lowest BCUT2D eigenvalue weighted by Gasteiger charge is -2.14. The number of benzene rings is 3. The van der Waals surface area contributed by atoms with E-state index in [2.05, 4.69) is 32.4 Å². The summed E-state index contributed by atoms with van der Waals surface area (Å²) >= 11 is 0. The topological polar surface area (TPSA) is 112 Å². The second kappa shape index (κ2) is 10.2. The Morgan fingerprint density at radius 1 is 0.771 bits per heavy atom. The van der Waals surface area contributed by atoms with E-state index in [1.54, 1.807) is 0 Å². The van der Waals surface area contributed by atoms with Gasteiger partial charge in [0, 0.05) is 29.4 Å². The van der Waals surface area contributed by atoms with Gasteiger partial charge in [-0.25, -0.2) is 4.98 Å². The summed E-state index contributed by atoms with van der Waals surface area (Å²) in [6.45, 7) is 1.41. The van der Waals surface area contributed by atoms with Crippen LogP contribution in [-0.4, -0.2) is 15.0 Å². The molecule has 174 valence electrons. The third-order valence-electron chi connectivity index (χ3n) is 5.70. The predicted molar refractivity (Wildman–Crippen MR) is 140 cm³/mol. The molecule has 0 saturated heterocycles. The first-order valence-corrected chi connectivity index (χ1v) is 11.4. The molecule has 0 unspecified atom stereocenters. The SMILES string of the molecule is Nc1nc(N)c(-c2ccc(NCc3cnc4ccccc4c3)cc2)c(COCc2ccccc2)n1. The molecule has 7 nitrogen and oxygen atoms in total. The summed E-state index contributed by atoms with van der Waals surface area (Å²) in [7, 11) is 0. The summed E-state index contributed by atoms with van der Waals surface area (Å²) in [5, 5.41) is 4.58. The van der Waals surface area contributed by atoms with E-state index in [0.717, 1.165) is 38.8 Å². The molecule has 0 aliphatic heterocycles. The van der Waals surface area contributed by atoms with E-state index in [9.17, 15) is 0 Å². The highest BCUT2D eigenvalue weighted by atomic mass is 16.5. The minimum absolute atomic E-state index is 0.131. The van der Waals surface area contributed by atoms with Gasteiger partial charge in [-0.3, -0.25) is 4.98 Å². The molecule has 0 atom stereocenters. The molecule has 5 rings (SSSR count). The van der Waals surface area contributed by atoms with E-state index in [1.165, 1.54) is 0 Å². The highest BCUT2D eigenvalue weighted by Gasteiger charge is 2.14. The van der Waals surface area contributed by atoms with Crippen LogP contribution in [0.5, 0.6) is 0 Å². The second-order valence-electron chi connectivity index (χ2n) is 8.23. The van der Waals surface area contributed by atoms with Gasteiger partial charge in [-0.15, -0.1) is 0 Å². The number of nitrogens with one attached hydrogen (secondary N) is 1. The predicted octanol–water partition coefficient (Wildman–Crippen LogP) is 5.19. The van der Waals surface area contributed by atoms with Crippen molar-refractivity contribution in [2.45, 2.75) is 19.8 Å². The Labute approximate surface area is 203 Å². The molecule has 0 amide bonds. The third kappa shape index (κ3) is 5.37. The average molecular weight is 463 g/mol. The number of nitrogens with zero attached hydrogens (tertiary/aromatic N) is 3. The van der Waals surface area contributed by atoms with Crippen LogP contribution in [0.2, 0.25) is 0 Å². The Morgan fingerprint density at radius 2 is 1.54 bits per heavy atom. The minimum atomic E-state index is 0.131. The number of nitrogen functional groups attached to an aromatic ring is 2. The zero-order valence-corrected chi connectivity index (χ0v) is 19.2. The molecular formula is C28H26N6O. The molecule has 0 saturated carbocycles. The number of aromatic nitrogens is 3. The number of hydrogen-bond donors (Lipinski definition) is 3. The Hall–Kier alpha value is -4.49. The third-order valence-corrected chi connectivity index (χ3v) is 5.70. The summed E-state index contributed by atoms with van der Waals surface area (Å²) in [4.78, 5) is 13.1. The van der Waals surface area contributed by atoms with Gasteiger partial charge in [0.25, 0.3) is 0 Å². The molecule has 2 aromatic heterocycles. The first-order chi connectivity index (χ1) is 17.2. The molecule has 0 aliphatic carbocycles. The molecule has 0 radical (unpaired) electrons. The molecular weight excluding hydrogens is 436 g/mol. The van der Waals surface area contributed by atoms with Gasteiger partial charge in [-0.05, 0) is 41.0 Å². The number of rotatable bonds is 8. The Morgan fingerprint density at radius 3 is 2.37 bits per heavy atom. The van der Waals surface area contributed by atoms with E-state index >= 15 is 0 Å². The summed E-state index contributed by atoms with van der Waals surface area (Å²) < 4.78 is 5.90. The monoisotopic (exact) mass is 462 g/mol. The first kappa shape index (κ1) is 22.3. The minimum Gasteiger partial charge on any atom is -0.383 e. The molecule has 35 heavy (non-hydrogen) atoms. The lowest BCUT2D eigenvalue weighted by molar-refractivity contribution is 0.105. The molecule has 5 N–H and O–H groups in total. The maximum absolute atomic E-state index is 6.25. The van der Waals surface area contributed by atoms with E-state index < -0.39 is 0 Å². The van der Waals surface area contributed by atoms with Crippen LogP contribution in [0.15, 0.2) is 91.1 Å². The number of pyridine rings is 1. The van der Waals surface area contributed by atoms with E-state index in [1.807, 2.05) is 79.0 Å². The Balaban J connectivity index is 1.29. The standard InChI is InChI=1S/C28H26N6O/c29-27-26(25(33-28(30)34-27)18-35-17-19-6-2-1-3-7-19)21-10-12-23(13-11-21)31-15-20-14-22-8-4-5-9-24(22)32-16-20/h1-14,16,31H,15,17-18H2,(H4,29,30,33,34). The van der Waals surface area contributed by atoms with Crippen LogP contribution in [0.4, 0.5) is 17.5 Å².